The first-order chi connectivity index (χ1) is 4.84. The van der Waals surface area contributed by atoms with Gasteiger partial charge in [0.25, 0.3) is 0 Å². The third kappa shape index (κ3) is 1.85. The fraction of sp³-hybridized carbons (Fsp3) is 0.143. The van der Waals surface area contributed by atoms with E-state index in [9.17, 15) is 0 Å². The number of nitrogens with one attached hydrogen (secondary N) is 1. The SMILES string of the molecule is Cc1ccccc1NOI. The Kier molecular flexibility index (Phi) is 2.95. The summed E-state index contributed by atoms with van der Waals surface area (Å²) >= 11 is 1.80. The maximum Gasteiger partial charge on any atom is 0.145 e. The number of benzene rings is 1. The quantitative estimate of drug-likeness (QED) is 0.642. The molecule has 0 aromatic heterocycles. The molecule has 1 rings (SSSR count). The molecule has 54 valence electrons. The van der Waals surface area contributed by atoms with Crippen molar-refractivity contribution >= 4 is 28.7 Å². The maximum absolute atomic E-state index is 4.73. The minimum Gasteiger partial charge on any atom is -0.256 e. The van der Waals surface area contributed by atoms with Gasteiger partial charge in [0.05, 0.1) is 5.69 Å². The molecule has 10 heavy (non-hydrogen) atoms. The number of aryl methyl sites for hydroxylation is 1. The van der Waals surface area contributed by atoms with Gasteiger partial charge >= 0.3 is 0 Å². The predicted molar refractivity (Wildman–Crippen MR) is 49.9 cm³/mol. The average molecular weight is 249 g/mol. The van der Waals surface area contributed by atoms with Crippen LogP contribution in [-0.2, 0) is 3.17 Å². The first kappa shape index (κ1) is 7.81. The first-order valence-electron chi connectivity index (χ1n) is 2.94. The highest BCUT2D eigenvalue weighted by atomic mass is 127. The number of hydrogen-bond donors (Lipinski definition) is 1. The van der Waals surface area contributed by atoms with Crippen LogP contribution in [0.3, 0.4) is 0 Å². The van der Waals surface area contributed by atoms with Crippen LogP contribution in [0.4, 0.5) is 5.69 Å². The Morgan fingerprint density at radius 2 is 2.10 bits per heavy atom. The van der Waals surface area contributed by atoms with E-state index in [2.05, 4.69) is 5.48 Å². The van der Waals surface area contributed by atoms with E-state index < -0.39 is 0 Å². The molecule has 0 fully saturated rings. The van der Waals surface area contributed by atoms with Crippen LogP contribution in [0.1, 0.15) is 5.56 Å². The number of anilines is 1. The predicted octanol–water partition coefficient (Wildman–Crippen LogP) is 2.69. The van der Waals surface area contributed by atoms with Crippen molar-refractivity contribution in [1.82, 2.24) is 0 Å². The van der Waals surface area contributed by atoms with Crippen molar-refractivity contribution in [3.63, 3.8) is 0 Å². The van der Waals surface area contributed by atoms with Crippen LogP contribution in [-0.4, -0.2) is 0 Å². The minimum absolute atomic E-state index is 1.01. The topological polar surface area (TPSA) is 21.3 Å². The van der Waals surface area contributed by atoms with Gasteiger partial charge in [-0.2, -0.15) is 0 Å². The van der Waals surface area contributed by atoms with Gasteiger partial charge in [0.2, 0.25) is 0 Å². The molecule has 0 aliphatic rings. The fourth-order valence-corrected chi connectivity index (χ4v) is 0.966. The van der Waals surface area contributed by atoms with E-state index >= 15 is 0 Å². The zero-order valence-electron chi connectivity index (χ0n) is 5.60. The molecule has 2 nitrogen and oxygen atoms in total. The van der Waals surface area contributed by atoms with Crippen LogP contribution in [0.2, 0.25) is 0 Å². The normalized spacial score (nSPS) is 9.40. The van der Waals surface area contributed by atoms with Gasteiger partial charge in [0.15, 0.2) is 0 Å². The van der Waals surface area contributed by atoms with Gasteiger partial charge in [0, 0.05) is 0 Å². The molecular weight excluding hydrogens is 241 g/mol. The van der Waals surface area contributed by atoms with Crippen LogP contribution >= 0.6 is 23.0 Å². The van der Waals surface area contributed by atoms with Crippen LogP contribution in [0.15, 0.2) is 24.3 Å². The second kappa shape index (κ2) is 3.78. The summed E-state index contributed by atoms with van der Waals surface area (Å²) in [6.45, 7) is 2.03. The molecule has 1 aromatic carbocycles. The van der Waals surface area contributed by atoms with E-state index in [1.54, 1.807) is 23.0 Å². The first-order valence-corrected chi connectivity index (χ1v) is 3.82. The summed E-state index contributed by atoms with van der Waals surface area (Å²) in [4.78, 5) is 0. The molecule has 0 aliphatic carbocycles. The van der Waals surface area contributed by atoms with Crippen molar-refractivity contribution < 1.29 is 3.17 Å². The summed E-state index contributed by atoms with van der Waals surface area (Å²) in [6.07, 6.45) is 0. The highest BCUT2D eigenvalue weighted by molar-refractivity contribution is 14.1. The lowest BCUT2D eigenvalue weighted by atomic mass is 10.2. The Morgan fingerprint density at radius 3 is 2.70 bits per heavy atom. The zero-order valence-corrected chi connectivity index (χ0v) is 7.75. The Morgan fingerprint density at radius 1 is 1.40 bits per heavy atom. The van der Waals surface area contributed by atoms with Crippen molar-refractivity contribution in [1.29, 1.82) is 0 Å². The van der Waals surface area contributed by atoms with Crippen molar-refractivity contribution in [3.05, 3.63) is 29.8 Å². The van der Waals surface area contributed by atoms with Crippen LogP contribution < -0.4 is 5.48 Å². The molecule has 0 radical (unpaired) electrons. The second-order valence-electron chi connectivity index (χ2n) is 1.99. The lowest BCUT2D eigenvalue weighted by Crippen LogP contribution is -1.92. The van der Waals surface area contributed by atoms with E-state index in [4.69, 9.17) is 3.17 Å². The molecule has 0 unspecified atom stereocenters. The van der Waals surface area contributed by atoms with Crippen LogP contribution in [0, 0.1) is 6.92 Å². The van der Waals surface area contributed by atoms with E-state index in [1.807, 2.05) is 31.2 Å². The van der Waals surface area contributed by atoms with Crippen molar-refractivity contribution in [2.75, 3.05) is 5.48 Å². The van der Waals surface area contributed by atoms with E-state index in [0.717, 1.165) is 5.69 Å². The summed E-state index contributed by atoms with van der Waals surface area (Å²) in [5.41, 5.74) is 4.95. The molecule has 3 heteroatoms. The highest BCUT2D eigenvalue weighted by Crippen LogP contribution is 2.13. The largest absolute Gasteiger partial charge is 0.256 e. The highest BCUT2D eigenvalue weighted by Gasteiger charge is 1.92. The van der Waals surface area contributed by atoms with Gasteiger partial charge in [-0.3, -0.25) is 5.48 Å². The molecule has 0 spiro atoms. The van der Waals surface area contributed by atoms with E-state index in [1.165, 1.54) is 5.56 Å². The number of para-hydroxylation sites is 1. The molecule has 1 aromatic rings. The summed E-state index contributed by atoms with van der Waals surface area (Å²) in [6, 6.07) is 7.95. The Bertz CT molecular complexity index is 215. The average Bonchev–Trinajstić information content (AvgIpc) is 1.94. The van der Waals surface area contributed by atoms with Crippen molar-refractivity contribution in [2.45, 2.75) is 6.92 Å². The third-order valence-corrected chi connectivity index (χ3v) is 1.51. The summed E-state index contributed by atoms with van der Waals surface area (Å²) < 4.78 is 4.73. The Balaban J connectivity index is 2.81. The molecular formula is C7H8INO. The van der Waals surface area contributed by atoms with Gasteiger partial charge in [-0.25, -0.2) is 3.17 Å². The number of halogens is 1. The van der Waals surface area contributed by atoms with E-state index in [-0.39, 0.29) is 0 Å². The third-order valence-electron chi connectivity index (χ3n) is 1.29. The van der Waals surface area contributed by atoms with Gasteiger partial charge < -0.3 is 0 Å². The van der Waals surface area contributed by atoms with Gasteiger partial charge in [-0.05, 0) is 18.6 Å². The maximum atomic E-state index is 4.73. The molecule has 0 heterocycles. The number of rotatable bonds is 2. The summed E-state index contributed by atoms with van der Waals surface area (Å²) in [5, 5.41) is 0. The smallest absolute Gasteiger partial charge is 0.145 e. The minimum atomic E-state index is 1.01. The standard InChI is InChI=1S/C7H8INO/c1-6-4-2-3-5-7(6)9-10-8/h2-5,9H,1H3. The summed E-state index contributed by atoms with van der Waals surface area (Å²) in [7, 11) is 0. The second-order valence-corrected chi connectivity index (χ2v) is 2.43. The van der Waals surface area contributed by atoms with E-state index in [0.29, 0.717) is 0 Å². The molecule has 0 amide bonds. The molecule has 0 aliphatic heterocycles. The summed E-state index contributed by atoms with van der Waals surface area (Å²) in [5.74, 6) is 0. The van der Waals surface area contributed by atoms with Crippen LogP contribution in [0.25, 0.3) is 0 Å². The van der Waals surface area contributed by atoms with Crippen LogP contribution in [0.5, 0.6) is 0 Å². The molecule has 1 N–H and O–H groups in total. The zero-order chi connectivity index (χ0) is 7.40. The molecule has 0 atom stereocenters. The lowest BCUT2D eigenvalue weighted by Gasteiger charge is -2.03. The molecule has 0 saturated heterocycles. The lowest BCUT2D eigenvalue weighted by molar-refractivity contribution is 0.540. The van der Waals surface area contributed by atoms with Gasteiger partial charge in [-0.1, -0.05) is 18.2 Å². The Hall–Kier alpha value is -0.290. The van der Waals surface area contributed by atoms with Crippen molar-refractivity contribution in [3.8, 4) is 0 Å². The van der Waals surface area contributed by atoms with Crippen molar-refractivity contribution in [2.24, 2.45) is 0 Å². The monoisotopic (exact) mass is 249 g/mol. The van der Waals surface area contributed by atoms with Gasteiger partial charge in [0.1, 0.15) is 23.0 Å². The number of hydrogen-bond acceptors (Lipinski definition) is 2. The molecule has 0 bridgehead atoms. The fourth-order valence-electron chi connectivity index (χ4n) is 0.729. The molecule has 0 saturated carbocycles. The Labute approximate surface area is 74.2 Å². The van der Waals surface area contributed by atoms with Gasteiger partial charge in [-0.15, -0.1) is 0 Å².